The summed E-state index contributed by atoms with van der Waals surface area (Å²) in [5.41, 5.74) is 3.21. The minimum atomic E-state index is -2.20. The summed E-state index contributed by atoms with van der Waals surface area (Å²) in [7, 11) is 1.24. The van der Waals surface area contributed by atoms with Gasteiger partial charge >= 0.3 is 17.9 Å². The van der Waals surface area contributed by atoms with Crippen LogP contribution in [-0.2, 0) is 160 Å². The predicted octanol–water partition coefficient (Wildman–Crippen LogP) is 7.13. The Hall–Kier alpha value is -10.5. The van der Waals surface area contributed by atoms with E-state index in [0.29, 0.717) is 27.8 Å². The van der Waals surface area contributed by atoms with Gasteiger partial charge in [0.25, 0.3) is 47.3 Å². The fourth-order valence-electron chi connectivity index (χ4n) is 16.7. The fraction of sp³-hybridized carbons (Fsp3) is 0.456. The van der Waals surface area contributed by atoms with Gasteiger partial charge in [-0.25, -0.2) is 0 Å². The van der Waals surface area contributed by atoms with E-state index in [1.165, 1.54) is 62.5 Å². The molecule has 0 aromatic heterocycles. The summed E-state index contributed by atoms with van der Waals surface area (Å²) in [5, 5.41) is 0. The Labute approximate surface area is 703 Å². The van der Waals surface area contributed by atoms with Crippen LogP contribution in [0.4, 0.5) is 0 Å². The molecule has 32 heteroatoms. The molecule has 0 spiro atoms. The SMILES string of the molecule is CO[C@@H]1O[C@H](COCc2ccccc2)[C@@H](O[C@@H]2O[C@H](COCc3ccccc3)[C@@H](O[C@@H]3O[C@H](COCc4ccccc4)[C@@H](O[C@@H]4O[C@@H]5CO[C@@H](c6ccccc6)O[C@H]5[C@H](OCc5ccccc5)[C@H]4N4C(=O)C(C)=C(C)C4=O)[C@H](OC(C)=O)[C@H]3N3C(=O)C(C)=C(C)C3=O)[C@H](OC(C)=O)[C@H]2N2C(=O)C(C)=C(C)C2=O)[C@H](OC(C)=O)[C@H]1N1C(=O)C(C)=C(C)C1=O. The number of fused-ring (bicyclic) bond motifs is 1. The van der Waals surface area contributed by atoms with Crippen molar-refractivity contribution in [1.29, 1.82) is 0 Å². The molecule has 32 nitrogen and oxygen atoms in total. The normalized spacial score (nSPS) is 30.8. The summed E-state index contributed by atoms with van der Waals surface area (Å²) in [5.74, 6) is -10.0. The number of esters is 3. The highest BCUT2D eigenvalue weighted by molar-refractivity contribution is 6.21. The van der Waals surface area contributed by atoms with Crippen LogP contribution in [0.15, 0.2) is 196 Å². The minimum Gasteiger partial charge on any atom is -0.457 e. The van der Waals surface area contributed by atoms with Gasteiger partial charge in [-0.2, -0.15) is 0 Å². The quantitative estimate of drug-likeness (QED) is 0.0250. The van der Waals surface area contributed by atoms with Crippen LogP contribution in [0, 0.1) is 0 Å². The summed E-state index contributed by atoms with van der Waals surface area (Å²) in [4.78, 5) is 168. The topological polar surface area (TPSA) is 358 Å². The first-order valence-corrected chi connectivity index (χ1v) is 40.3. The van der Waals surface area contributed by atoms with Crippen LogP contribution in [0.1, 0.15) is 110 Å². The zero-order valence-corrected chi connectivity index (χ0v) is 69.4. The average Bonchev–Trinajstić information content (AvgIpc) is 1.40. The molecule has 0 saturated carbocycles. The van der Waals surface area contributed by atoms with Gasteiger partial charge in [0.1, 0.15) is 79.1 Å². The highest BCUT2D eigenvalue weighted by atomic mass is 16.8. The lowest BCUT2D eigenvalue weighted by Gasteiger charge is -2.54. The maximum atomic E-state index is 15.6. The molecule has 646 valence electrons. The highest BCUT2D eigenvalue weighted by Gasteiger charge is 2.66. The largest absolute Gasteiger partial charge is 0.457 e. The van der Waals surface area contributed by atoms with Gasteiger partial charge in [0.2, 0.25) is 0 Å². The van der Waals surface area contributed by atoms with Gasteiger partial charge in [0.05, 0.1) is 52.9 Å². The second-order valence-electron chi connectivity index (χ2n) is 31.3. The molecule has 0 N–H and O–H groups in total. The molecule has 9 aliphatic rings. The summed E-state index contributed by atoms with van der Waals surface area (Å²) in [6.07, 6.45) is -29.0. The van der Waals surface area contributed by atoms with E-state index in [2.05, 4.69) is 0 Å². The molecular formula is C90H98N4O28. The molecule has 0 unspecified atom stereocenters. The number of benzene rings is 5. The number of amides is 8. The van der Waals surface area contributed by atoms with E-state index in [9.17, 15) is 24.0 Å². The zero-order valence-electron chi connectivity index (χ0n) is 69.4. The van der Waals surface area contributed by atoms with E-state index in [1.807, 2.05) is 30.3 Å². The number of carbonyl (C=O) groups is 11. The van der Waals surface area contributed by atoms with Crippen molar-refractivity contribution in [2.75, 3.05) is 33.5 Å². The zero-order chi connectivity index (χ0) is 86.6. The smallest absolute Gasteiger partial charge is 0.303 e. The average molecular weight is 1680 g/mol. The van der Waals surface area contributed by atoms with Crippen LogP contribution in [0.5, 0.6) is 0 Å². The molecule has 9 heterocycles. The van der Waals surface area contributed by atoms with Crippen molar-refractivity contribution in [3.05, 3.63) is 224 Å². The summed E-state index contributed by atoms with van der Waals surface area (Å²) in [6.45, 7) is 12.3. The van der Waals surface area contributed by atoms with Crippen molar-refractivity contribution in [2.24, 2.45) is 0 Å². The number of hydrogen-bond donors (Lipinski definition) is 0. The number of hydrogen-bond acceptors (Lipinski definition) is 28. The molecule has 122 heavy (non-hydrogen) atoms. The van der Waals surface area contributed by atoms with Gasteiger partial charge in [-0.1, -0.05) is 152 Å². The van der Waals surface area contributed by atoms with Gasteiger partial charge in [-0.05, 0) is 77.6 Å². The molecule has 0 aliphatic carbocycles. The monoisotopic (exact) mass is 1680 g/mol. The number of methoxy groups -OCH3 is 1. The van der Waals surface area contributed by atoms with Crippen molar-refractivity contribution in [3.8, 4) is 0 Å². The van der Waals surface area contributed by atoms with Crippen LogP contribution in [0.25, 0.3) is 0 Å². The second kappa shape index (κ2) is 38.1. The molecule has 5 aromatic carbocycles. The van der Waals surface area contributed by atoms with Crippen LogP contribution in [0.3, 0.4) is 0 Å². The summed E-state index contributed by atoms with van der Waals surface area (Å²) in [6, 6.07) is 37.4. The Kier molecular flexibility index (Phi) is 27.4. The first kappa shape index (κ1) is 87.8. The van der Waals surface area contributed by atoms with Gasteiger partial charge < -0.3 is 80.5 Å². The molecule has 0 bridgehead atoms. The Morgan fingerprint density at radius 1 is 0.336 bits per heavy atom. The van der Waals surface area contributed by atoms with Crippen LogP contribution >= 0.6 is 0 Å². The molecule has 5 saturated heterocycles. The molecule has 8 amide bonds. The fourth-order valence-corrected chi connectivity index (χ4v) is 16.7. The molecule has 21 atom stereocenters. The lowest BCUT2D eigenvalue weighted by molar-refractivity contribution is -0.385. The number of rotatable bonds is 30. The predicted molar refractivity (Wildman–Crippen MR) is 422 cm³/mol. The van der Waals surface area contributed by atoms with E-state index >= 15 is 28.8 Å². The molecular weight excluding hydrogens is 1580 g/mol. The van der Waals surface area contributed by atoms with Crippen LogP contribution in [-0.4, -0.2) is 241 Å². The van der Waals surface area contributed by atoms with E-state index in [1.54, 1.807) is 121 Å². The maximum Gasteiger partial charge on any atom is 0.303 e. The third-order valence-electron chi connectivity index (χ3n) is 23.5. The molecule has 5 fully saturated rings. The Balaban J connectivity index is 0.926. The number of nitrogens with zero attached hydrogens (tertiary/aromatic N) is 4. The van der Waals surface area contributed by atoms with Crippen molar-refractivity contribution in [2.45, 2.75) is 231 Å². The van der Waals surface area contributed by atoms with Gasteiger partial charge in [0, 0.05) is 78.0 Å². The van der Waals surface area contributed by atoms with E-state index in [-0.39, 0.29) is 77.6 Å². The van der Waals surface area contributed by atoms with Gasteiger partial charge in [-0.15, -0.1) is 0 Å². The van der Waals surface area contributed by atoms with Gasteiger partial charge in [0.15, 0.2) is 49.8 Å². The molecule has 5 aromatic rings. The summed E-state index contributed by atoms with van der Waals surface area (Å²) >= 11 is 0. The number of ether oxygens (including phenoxy) is 17. The Morgan fingerprint density at radius 2 is 0.607 bits per heavy atom. The second-order valence-corrected chi connectivity index (χ2v) is 31.3. The third kappa shape index (κ3) is 18.0. The molecule has 9 aliphatic heterocycles. The third-order valence-corrected chi connectivity index (χ3v) is 23.5. The van der Waals surface area contributed by atoms with Crippen molar-refractivity contribution in [3.63, 3.8) is 0 Å². The highest BCUT2D eigenvalue weighted by Crippen LogP contribution is 2.46. The maximum absolute atomic E-state index is 15.6. The van der Waals surface area contributed by atoms with Crippen LogP contribution in [0.2, 0.25) is 0 Å². The minimum absolute atomic E-state index is 0.0466. The van der Waals surface area contributed by atoms with Crippen molar-refractivity contribution >= 4 is 65.2 Å². The van der Waals surface area contributed by atoms with Crippen molar-refractivity contribution in [1.82, 2.24) is 19.6 Å². The van der Waals surface area contributed by atoms with Crippen LogP contribution < -0.4 is 0 Å². The molecule has 0 radical (unpaired) electrons. The lowest BCUT2D eigenvalue weighted by atomic mass is 9.91. The number of carbonyl (C=O) groups excluding carboxylic acids is 11. The lowest BCUT2D eigenvalue weighted by Crippen LogP contribution is -2.73. The Bertz CT molecular complexity index is 4810. The van der Waals surface area contributed by atoms with Gasteiger partial charge in [-0.3, -0.25) is 72.3 Å². The first-order chi connectivity index (χ1) is 58.6. The standard InChI is InChI=1S/C90H98N4O28/c1-46-47(2)79(99)91(78(46)98)66-74(110-41-60-34-24-16-25-35-60)70-65(45-111-86(119-70)61-36-26-17-27-37-61)118-88(66)120-72-63(43-108-39-58-30-20-14-21-31-58)116-90(68(76(72)113-55(10)96)93-82(102)50(5)51(6)83(93)103)122-73-64(44-109-40-59-32-22-15-23-33-59)117-89(69(77(73)114-56(11)97)94-84(104)52(7)53(8)85(94)105)121-71-62(42-107-38-57-28-18-13-19-29-57)115-87(106-12)67(75(71)112-54(9)95)92-80(100)48(3)49(4)81(92)101/h13-37,62-77,86-90H,38-45H2,1-12H3/t62-,63-,64-,65-,66-,67-,68-,69-,70-,71-,72-,73-,74-,75-,76-,77-,86-,87-,88+,89+,90+/m1/s1. The van der Waals surface area contributed by atoms with E-state index < -0.39 is 214 Å². The van der Waals surface area contributed by atoms with E-state index in [4.69, 9.17) is 80.5 Å². The first-order valence-electron chi connectivity index (χ1n) is 40.3. The summed E-state index contributed by atoms with van der Waals surface area (Å²) < 4.78 is 116. The Morgan fingerprint density at radius 3 is 0.910 bits per heavy atom. The molecule has 14 rings (SSSR count). The van der Waals surface area contributed by atoms with Crippen molar-refractivity contribution < 1.29 is 133 Å². The van der Waals surface area contributed by atoms with E-state index in [0.717, 1.165) is 40.4 Å². The number of imide groups is 4.